The van der Waals surface area contributed by atoms with Crippen molar-refractivity contribution in [2.45, 2.75) is 120 Å². The van der Waals surface area contributed by atoms with Crippen LogP contribution in [0.5, 0.6) is 0 Å². The Morgan fingerprint density at radius 3 is 2.01 bits per heavy atom. The third-order valence-electron chi connectivity index (χ3n) is 15.1. The Morgan fingerprint density at radius 2 is 1.38 bits per heavy atom. The van der Waals surface area contributed by atoms with Gasteiger partial charge in [-0.1, -0.05) is 56.9 Å². The van der Waals surface area contributed by atoms with Crippen molar-refractivity contribution in [2.24, 2.45) is 11.7 Å². The second-order valence-electron chi connectivity index (χ2n) is 22.1. The Bertz CT molecular complexity index is 3740. The normalized spacial score (nSPS) is 25.2. The van der Waals surface area contributed by atoms with E-state index in [-0.39, 0.29) is 91.3 Å². The van der Waals surface area contributed by atoms with Gasteiger partial charge in [0.15, 0.2) is 41.5 Å². The number of aromatic nitrogens is 8. The molecule has 5 aromatic rings. The summed E-state index contributed by atoms with van der Waals surface area (Å²) in [6.07, 6.45) is -5.37. The van der Waals surface area contributed by atoms with Gasteiger partial charge in [-0.15, -0.1) is 0 Å². The average Bonchev–Trinajstić information content (AvgIpc) is 1.62. The second kappa shape index (κ2) is 31.0. The second-order valence-corrected chi connectivity index (χ2v) is 27.8. The van der Waals surface area contributed by atoms with Crippen LogP contribution in [0.25, 0.3) is 22.3 Å². The number of amides is 8. The number of nitrogen functional groups attached to an aromatic ring is 2. The van der Waals surface area contributed by atoms with E-state index in [9.17, 15) is 52.6 Å². The third-order valence-corrected chi connectivity index (χ3v) is 18.3. The highest BCUT2D eigenvalue weighted by Gasteiger charge is 2.55. The number of imidazole rings is 2. The van der Waals surface area contributed by atoms with Crippen LogP contribution in [0.4, 0.5) is 31.7 Å². The van der Waals surface area contributed by atoms with E-state index < -0.39 is 136 Å². The lowest BCUT2D eigenvalue weighted by molar-refractivity contribution is -0.137. The highest BCUT2D eigenvalue weighted by atomic mass is 32.7. The van der Waals surface area contributed by atoms with Gasteiger partial charge >= 0.3 is 31.9 Å². The number of nitrogens with zero attached hydrogens (tertiary/aromatic N) is 10. The molecule has 4 aliphatic rings. The molecule has 37 nitrogen and oxygen atoms in total. The van der Waals surface area contributed by atoms with Gasteiger partial charge in [0.05, 0.1) is 32.4 Å². The van der Waals surface area contributed by atoms with Gasteiger partial charge in [0, 0.05) is 44.4 Å². The van der Waals surface area contributed by atoms with Crippen molar-refractivity contribution in [2.75, 3.05) is 63.3 Å². The number of carbonyl (C=O) groups excluding carboxylic acids is 8. The zero-order valence-electron chi connectivity index (χ0n) is 50.5. The van der Waals surface area contributed by atoms with Gasteiger partial charge in [0.2, 0.25) is 17.7 Å². The number of fused-ring (bicyclic) bond motifs is 5. The molecule has 0 saturated carbocycles. The number of carbonyl (C=O) groups is 8. The molecule has 2 bridgehead atoms. The molecule has 3 saturated heterocycles. The first-order chi connectivity index (χ1) is 44.8. The predicted octanol–water partition coefficient (Wildman–Crippen LogP) is 2.17. The van der Waals surface area contributed by atoms with E-state index in [4.69, 9.17) is 59.0 Å². The summed E-state index contributed by atoms with van der Waals surface area (Å²) in [6.45, 7) is -7.85. The summed E-state index contributed by atoms with van der Waals surface area (Å²) in [5, 5.41) is 22.1. The van der Waals surface area contributed by atoms with Gasteiger partial charge in [0.1, 0.15) is 79.5 Å². The molecule has 3 fully saturated rings. The number of hydrogen-bond acceptors (Lipinski definition) is 28. The molecular weight excluding hydrogens is 1320 g/mol. The number of thiol groups is 2. The number of urea groups is 1. The first kappa shape index (κ1) is 70.2. The number of imide groups is 1. The molecule has 41 heteroatoms. The molecule has 11 N–H and O–H groups in total. The Morgan fingerprint density at radius 1 is 0.777 bits per heavy atom. The number of hydrogen-bond donors (Lipinski definition) is 10. The minimum Gasteiger partial charge on any atom is -0.445 e. The molecule has 4 aliphatic heterocycles. The summed E-state index contributed by atoms with van der Waals surface area (Å²) in [6, 6.07) is 3.25. The SMILES string of the molecule is CC(C)[C@H](NC(=O)CCCCCN1C(=O)C=CC1=O)C(=O)N[C@@H](CCCNC(N)=O)C(=O)Nc1ccc(COC(=O)N(C)CCOC(=O)O[C@@H]2[C@@H]3O[P@](=O)(S)OC[C@H]4O[C@@H](n5cnc6c(N)ncnc65)[C@H](O[P@](=O)(S)OC[C@H]3O[C@H]2n2cnc3c(N)ncnc32)[C@@H]4O)cc1. The number of nitrogens with two attached hydrogens (primary N) is 3. The number of unbranched alkanes of at least 4 members (excludes halogenated alkanes) is 2. The van der Waals surface area contributed by atoms with Crippen molar-refractivity contribution in [3.05, 3.63) is 67.3 Å². The van der Waals surface area contributed by atoms with Crippen molar-refractivity contribution in [1.29, 1.82) is 0 Å². The Labute approximate surface area is 544 Å². The number of likely N-dealkylation sites (N-methyl/N-ethyl adjacent to an activating group) is 1. The maximum absolute atomic E-state index is 14.2. The molecule has 0 radical (unpaired) electrons. The summed E-state index contributed by atoms with van der Waals surface area (Å²) in [5.41, 5.74) is 18.6. The van der Waals surface area contributed by atoms with Crippen LogP contribution in [0.3, 0.4) is 0 Å². The maximum Gasteiger partial charge on any atom is 0.508 e. The van der Waals surface area contributed by atoms with Crippen LogP contribution in [-0.2, 0) is 81.5 Å². The topological polar surface area (TPSA) is 494 Å². The molecule has 0 spiro atoms. The molecule has 12 atom stereocenters. The Kier molecular flexibility index (Phi) is 23.1. The van der Waals surface area contributed by atoms with E-state index in [1.165, 1.54) is 59.4 Å². The highest BCUT2D eigenvalue weighted by Crippen LogP contribution is 2.60. The molecule has 4 aromatic heterocycles. The number of nitrogens with one attached hydrogen (secondary N) is 4. The van der Waals surface area contributed by atoms with Crippen molar-refractivity contribution in [3.8, 4) is 0 Å². The summed E-state index contributed by atoms with van der Waals surface area (Å²) in [7, 11) is 1.36. The molecule has 94 heavy (non-hydrogen) atoms. The smallest absolute Gasteiger partial charge is 0.445 e. The van der Waals surface area contributed by atoms with Gasteiger partial charge in [-0.2, -0.15) is 0 Å². The fourth-order valence-corrected chi connectivity index (χ4v) is 13.2. The zero-order valence-corrected chi connectivity index (χ0v) is 54.1. The molecule has 0 aliphatic carbocycles. The lowest BCUT2D eigenvalue weighted by Crippen LogP contribution is -2.54. The van der Waals surface area contributed by atoms with Crippen molar-refractivity contribution in [3.63, 3.8) is 0 Å². The van der Waals surface area contributed by atoms with E-state index in [1.54, 1.807) is 26.0 Å². The minimum atomic E-state index is -4.63. The summed E-state index contributed by atoms with van der Waals surface area (Å²) in [5.74, 6) is -2.83. The van der Waals surface area contributed by atoms with Gasteiger partial charge in [-0.25, -0.2) is 53.4 Å². The number of anilines is 3. The van der Waals surface area contributed by atoms with Crippen LogP contribution < -0.4 is 38.5 Å². The third kappa shape index (κ3) is 17.6. The van der Waals surface area contributed by atoms with E-state index in [0.717, 1.165) is 16.1 Å². The van der Waals surface area contributed by atoms with Gasteiger partial charge < -0.3 is 72.2 Å². The van der Waals surface area contributed by atoms with Crippen LogP contribution in [0.15, 0.2) is 61.7 Å². The molecule has 8 amide bonds. The quantitative estimate of drug-likeness (QED) is 0.0139. The molecule has 9 rings (SSSR count). The standard InChI is InChI=1S/C53H69N17O20P2S2/c1-27(2)36(66-33(71)9-5-4-6-17-68-34(72)14-15-35(68)73)48(76)65-30(8-7-16-57-51(56)77)47(75)64-29-12-10-28(11-13-29)20-83-52(78)67(3)18-19-82-53(79)88-42-40-32(87-50(42)70-26-63-38-44(55)59-24-61-46(38)70)22-85-92(81,94)90-41-39(74)31(21-84-91(80,93)89-40)86-49(41)69-25-62-37-43(54)58-23-60-45(37)69/h10-15,23-27,30-32,36,39-42,49-50,74H,4-9,16-22H2,1-3H3,(H,64,75)(H,65,76)(H,66,71)(H,80,93)(H,81,94)(H2,54,58,60)(H2,55,59,61)(H3,56,57,77)/t30-,31+,32+,36-,39+,40+,41+,42+,49+,50+,91+,92+/m0/s1. The average molecular weight is 1390 g/mol. The summed E-state index contributed by atoms with van der Waals surface area (Å²) >= 11 is 8.41. The van der Waals surface area contributed by atoms with E-state index >= 15 is 0 Å². The Balaban J connectivity index is 0.784. The molecule has 1 aromatic carbocycles. The van der Waals surface area contributed by atoms with Gasteiger partial charge in [-0.05, 0) is 49.3 Å². The molecule has 508 valence electrons. The largest absolute Gasteiger partial charge is 0.508 e. The number of rotatable bonds is 24. The van der Waals surface area contributed by atoms with Crippen molar-refractivity contribution < 1.29 is 94.4 Å². The highest BCUT2D eigenvalue weighted by molar-refractivity contribution is 8.44. The minimum absolute atomic E-state index is 0.0272. The number of primary amides is 1. The summed E-state index contributed by atoms with van der Waals surface area (Å²) in [4.78, 5) is 129. The van der Waals surface area contributed by atoms with Gasteiger partial charge in [-0.3, -0.25) is 56.1 Å². The van der Waals surface area contributed by atoms with Gasteiger partial charge in [0.25, 0.3) is 11.8 Å². The number of ether oxygens (including phenoxy) is 5. The maximum atomic E-state index is 14.2. The lowest BCUT2D eigenvalue weighted by atomic mass is 10.0. The molecular formula is C53H69N17O20P2S2. The first-order valence-electron chi connectivity index (χ1n) is 29.2. The summed E-state index contributed by atoms with van der Waals surface area (Å²) < 4.78 is 83.4. The first-order valence-corrected chi connectivity index (χ1v) is 34.6. The van der Waals surface area contributed by atoms with E-state index in [2.05, 4.69) is 75.7 Å². The van der Waals surface area contributed by atoms with Crippen LogP contribution >= 0.6 is 38.1 Å². The van der Waals surface area contributed by atoms with Crippen LogP contribution in [0, 0.1) is 5.92 Å². The molecule has 0 unspecified atom stereocenters. The van der Waals surface area contributed by atoms with E-state index in [1.807, 2.05) is 0 Å². The molecule has 8 heterocycles. The van der Waals surface area contributed by atoms with Crippen LogP contribution in [-0.4, -0.2) is 197 Å². The fraction of sp³-hybridized carbons (Fsp3) is 0.509. The van der Waals surface area contributed by atoms with Crippen molar-refractivity contribution >= 4 is 126 Å². The van der Waals surface area contributed by atoms with Crippen LogP contribution in [0.1, 0.15) is 70.4 Å². The fourth-order valence-electron chi connectivity index (χ4n) is 10.2. The van der Waals surface area contributed by atoms with E-state index in [0.29, 0.717) is 30.5 Å². The zero-order chi connectivity index (χ0) is 67.6. The predicted molar refractivity (Wildman–Crippen MR) is 332 cm³/mol. The number of aliphatic hydroxyl groups is 1. The number of aliphatic hydroxyl groups excluding tert-OH is 1. The Hall–Kier alpha value is -8.10. The van der Waals surface area contributed by atoms with Crippen LogP contribution in [0.2, 0.25) is 0 Å². The van der Waals surface area contributed by atoms with Crippen molar-refractivity contribution in [1.82, 2.24) is 64.8 Å². The lowest BCUT2D eigenvalue weighted by Gasteiger charge is -2.27. The monoisotopic (exact) mass is 1390 g/mol. The number of benzene rings is 1.